The highest BCUT2D eigenvalue weighted by atomic mass is 16.5. The van der Waals surface area contributed by atoms with Crippen LogP contribution in [0.15, 0.2) is 182 Å². The van der Waals surface area contributed by atoms with E-state index in [1.165, 1.54) is 110 Å². The number of rotatable bonds is 2. The summed E-state index contributed by atoms with van der Waals surface area (Å²) in [6.07, 6.45) is 0. The quantitative estimate of drug-likeness (QED) is 0.165. The fourth-order valence-corrected chi connectivity index (χ4v) is 11.4. The molecule has 2 aromatic heterocycles. The Morgan fingerprint density at radius 1 is 0.317 bits per heavy atom. The van der Waals surface area contributed by atoms with Crippen molar-refractivity contribution in [3.63, 3.8) is 0 Å². The molecule has 6 heteroatoms. The van der Waals surface area contributed by atoms with Gasteiger partial charge in [0.25, 0.3) is 13.4 Å². The summed E-state index contributed by atoms with van der Waals surface area (Å²) in [4.78, 5) is 0. The molecule has 60 heavy (non-hydrogen) atoms. The standard InChI is InChI=1S/C54H30B2N2O2/c1-3-11-31(12-4-1)33-23-25-47-41(27-33)55-39-17-7-15-35-37-29-38-36-16-8-18-40-54(36)58(46(38)30-45(37)57(53(35)39)43-19-9-21-49(59-47)51(43)55)44-20-10-22-50-52(44)56(40)42-28-34(24-26-48(42)60-50)32-13-5-2-6-14-32/h1-30H. The van der Waals surface area contributed by atoms with Crippen molar-refractivity contribution >= 4 is 89.8 Å². The van der Waals surface area contributed by atoms with Gasteiger partial charge in [-0.1, -0.05) is 133 Å². The molecule has 4 nitrogen and oxygen atoms in total. The van der Waals surface area contributed by atoms with Crippen LogP contribution < -0.4 is 42.3 Å². The van der Waals surface area contributed by atoms with Crippen LogP contribution >= 0.6 is 0 Å². The Morgan fingerprint density at radius 3 is 1.27 bits per heavy atom. The molecule has 11 aromatic rings. The van der Waals surface area contributed by atoms with Crippen LogP contribution in [0.25, 0.3) is 77.2 Å². The SMILES string of the molecule is c1ccc(-c2ccc3c(c2)B2c4c(cccc4-n4c5cc6c(cc5c5cccc2c54)c2cccc4c2n6-c2cccc5c2B4c2cc(-c4ccccc4)ccc2O5)O3)cc1. The van der Waals surface area contributed by atoms with E-state index in [2.05, 4.69) is 191 Å². The van der Waals surface area contributed by atoms with Crippen LogP contribution in [-0.2, 0) is 0 Å². The van der Waals surface area contributed by atoms with E-state index in [1.54, 1.807) is 0 Å². The summed E-state index contributed by atoms with van der Waals surface area (Å²) in [5, 5.41) is 5.06. The van der Waals surface area contributed by atoms with Gasteiger partial charge in [0.2, 0.25) is 0 Å². The van der Waals surface area contributed by atoms with Crippen LogP contribution in [0.5, 0.6) is 23.0 Å². The normalized spacial score (nSPS) is 13.5. The third-order valence-corrected chi connectivity index (χ3v) is 13.8. The van der Waals surface area contributed by atoms with Crippen molar-refractivity contribution in [2.45, 2.75) is 0 Å². The molecule has 9 aromatic carbocycles. The summed E-state index contributed by atoms with van der Waals surface area (Å²) in [6.45, 7) is 0.0822. The van der Waals surface area contributed by atoms with Crippen molar-refractivity contribution in [3.8, 4) is 56.6 Å². The summed E-state index contributed by atoms with van der Waals surface area (Å²) in [6, 6.07) is 66.6. The van der Waals surface area contributed by atoms with Gasteiger partial charge in [-0.25, -0.2) is 0 Å². The summed E-state index contributed by atoms with van der Waals surface area (Å²) in [5.74, 6) is 3.70. The monoisotopic (exact) mass is 760 g/mol. The number of para-hydroxylation sites is 2. The van der Waals surface area contributed by atoms with E-state index in [0.717, 1.165) is 23.0 Å². The van der Waals surface area contributed by atoms with Gasteiger partial charge in [0.15, 0.2) is 0 Å². The van der Waals surface area contributed by atoms with Crippen LogP contribution in [0.3, 0.4) is 0 Å². The smallest absolute Gasteiger partial charge is 0.256 e. The maximum atomic E-state index is 6.79. The summed E-state index contributed by atoms with van der Waals surface area (Å²) < 4.78 is 18.6. The Morgan fingerprint density at radius 2 is 0.783 bits per heavy atom. The molecule has 6 heterocycles. The van der Waals surface area contributed by atoms with E-state index in [0.29, 0.717) is 0 Å². The molecule has 0 saturated heterocycles. The molecule has 0 N–H and O–H groups in total. The van der Waals surface area contributed by atoms with Crippen molar-refractivity contribution in [2.75, 3.05) is 0 Å². The lowest BCUT2D eigenvalue weighted by Gasteiger charge is -2.33. The molecule has 0 aliphatic carbocycles. The molecule has 0 atom stereocenters. The van der Waals surface area contributed by atoms with E-state index >= 15 is 0 Å². The van der Waals surface area contributed by atoms with Crippen molar-refractivity contribution in [2.24, 2.45) is 0 Å². The maximum Gasteiger partial charge on any atom is 0.256 e. The largest absolute Gasteiger partial charge is 0.458 e. The second-order valence-electron chi connectivity index (χ2n) is 16.7. The van der Waals surface area contributed by atoms with Crippen molar-refractivity contribution < 1.29 is 9.47 Å². The zero-order valence-corrected chi connectivity index (χ0v) is 32.2. The van der Waals surface area contributed by atoms with Crippen LogP contribution in [-0.4, -0.2) is 22.6 Å². The molecule has 274 valence electrons. The zero-order valence-electron chi connectivity index (χ0n) is 32.2. The predicted molar refractivity (Wildman–Crippen MR) is 248 cm³/mol. The van der Waals surface area contributed by atoms with Crippen molar-refractivity contribution in [3.05, 3.63) is 182 Å². The van der Waals surface area contributed by atoms with Gasteiger partial charge in [-0.2, -0.15) is 0 Å². The first-order chi connectivity index (χ1) is 29.8. The van der Waals surface area contributed by atoms with Gasteiger partial charge in [-0.3, -0.25) is 0 Å². The summed E-state index contributed by atoms with van der Waals surface area (Å²) in [5.41, 5.74) is 19.6. The topological polar surface area (TPSA) is 28.3 Å². The predicted octanol–water partition coefficient (Wildman–Crippen LogP) is 9.09. The molecule has 0 spiro atoms. The first-order valence-electron chi connectivity index (χ1n) is 20.8. The van der Waals surface area contributed by atoms with Gasteiger partial charge in [0, 0.05) is 44.0 Å². The lowest BCUT2D eigenvalue weighted by Crippen LogP contribution is -2.58. The molecule has 4 aliphatic rings. The van der Waals surface area contributed by atoms with Gasteiger partial charge in [-0.05, 0) is 104 Å². The first-order valence-corrected chi connectivity index (χ1v) is 20.8. The minimum Gasteiger partial charge on any atom is -0.458 e. The van der Waals surface area contributed by atoms with E-state index in [4.69, 9.17) is 9.47 Å². The van der Waals surface area contributed by atoms with Crippen LogP contribution in [0.4, 0.5) is 0 Å². The van der Waals surface area contributed by atoms with Crippen LogP contribution in [0.2, 0.25) is 0 Å². The van der Waals surface area contributed by atoms with Gasteiger partial charge in [0.1, 0.15) is 23.0 Å². The number of hydrogen-bond acceptors (Lipinski definition) is 2. The molecule has 15 rings (SSSR count). The fourth-order valence-electron chi connectivity index (χ4n) is 11.4. The Kier molecular flexibility index (Phi) is 5.78. The number of aromatic nitrogens is 2. The fraction of sp³-hybridized carbons (Fsp3) is 0. The summed E-state index contributed by atoms with van der Waals surface area (Å²) >= 11 is 0. The van der Waals surface area contributed by atoms with Gasteiger partial charge < -0.3 is 18.6 Å². The number of ether oxygens (including phenoxy) is 2. The lowest BCUT2D eigenvalue weighted by atomic mass is 9.34. The highest BCUT2D eigenvalue weighted by molar-refractivity contribution is 7.00. The number of hydrogen-bond donors (Lipinski definition) is 0. The zero-order chi connectivity index (χ0) is 38.8. The Labute approximate surface area is 345 Å². The summed E-state index contributed by atoms with van der Waals surface area (Å²) in [7, 11) is 0. The molecular weight excluding hydrogens is 730 g/mol. The second-order valence-corrected chi connectivity index (χ2v) is 16.7. The third-order valence-electron chi connectivity index (χ3n) is 13.8. The van der Waals surface area contributed by atoms with Gasteiger partial charge >= 0.3 is 0 Å². The second kappa shape index (κ2) is 11.1. The van der Waals surface area contributed by atoms with Crippen LogP contribution in [0, 0.1) is 0 Å². The lowest BCUT2D eigenvalue weighted by molar-refractivity contribution is 0.487. The molecule has 4 aliphatic heterocycles. The number of fused-ring (bicyclic) bond motifs is 14. The van der Waals surface area contributed by atoms with E-state index < -0.39 is 0 Å². The van der Waals surface area contributed by atoms with Crippen LogP contribution in [0.1, 0.15) is 0 Å². The third kappa shape index (κ3) is 3.85. The molecule has 0 radical (unpaired) electrons. The minimum atomic E-state index is 0.0411. The molecule has 0 unspecified atom stereocenters. The van der Waals surface area contributed by atoms with E-state index in [9.17, 15) is 0 Å². The Bertz CT molecular complexity index is 3490. The molecule has 0 amide bonds. The Hall–Kier alpha value is -7.69. The highest BCUT2D eigenvalue weighted by Gasteiger charge is 2.42. The molecule has 0 bridgehead atoms. The molecule has 0 fully saturated rings. The number of nitrogens with zero attached hydrogens (tertiary/aromatic N) is 2. The molecular formula is C54H30B2N2O2. The minimum absolute atomic E-state index is 0.0411. The van der Waals surface area contributed by atoms with Gasteiger partial charge in [-0.15, -0.1) is 0 Å². The first kappa shape index (κ1) is 31.3. The molecule has 0 saturated carbocycles. The Balaban J connectivity index is 1.01. The highest BCUT2D eigenvalue weighted by Crippen LogP contribution is 2.43. The number of benzene rings is 9. The van der Waals surface area contributed by atoms with E-state index in [-0.39, 0.29) is 13.4 Å². The van der Waals surface area contributed by atoms with Crippen molar-refractivity contribution in [1.29, 1.82) is 0 Å². The van der Waals surface area contributed by atoms with Gasteiger partial charge in [0.05, 0.1) is 11.0 Å². The average Bonchev–Trinajstić information content (AvgIpc) is 3.81. The maximum absolute atomic E-state index is 6.79. The average molecular weight is 760 g/mol. The van der Waals surface area contributed by atoms with Crippen molar-refractivity contribution in [1.82, 2.24) is 9.13 Å². The van der Waals surface area contributed by atoms with E-state index in [1.807, 2.05) is 0 Å².